The summed E-state index contributed by atoms with van der Waals surface area (Å²) < 4.78 is 37.7. The molecule has 0 atom stereocenters. The first-order chi connectivity index (χ1) is 7.41. The number of fused-ring (bicyclic) bond motifs is 1. The van der Waals surface area contributed by atoms with Crippen molar-refractivity contribution >= 4 is 16.8 Å². The summed E-state index contributed by atoms with van der Waals surface area (Å²) >= 11 is 0. The summed E-state index contributed by atoms with van der Waals surface area (Å²) in [6.07, 6.45) is -4.50. The van der Waals surface area contributed by atoms with Crippen LogP contribution in [0.5, 0.6) is 0 Å². The Morgan fingerprint density at radius 2 is 2.06 bits per heavy atom. The zero-order chi connectivity index (χ0) is 11.9. The van der Waals surface area contributed by atoms with Crippen LogP contribution in [0.4, 0.5) is 13.2 Å². The van der Waals surface area contributed by atoms with Crippen molar-refractivity contribution in [2.75, 3.05) is 0 Å². The van der Waals surface area contributed by atoms with E-state index in [4.69, 9.17) is 5.73 Å². The minimum atomic E-state index is -4.50. The van der Waals surface area contributed by atoms with Crippen molar-refractivity contribution in [2.24, 2.45) is 5.73 Å². The monoisotopic (exact) mass is 229 g/mol. The van der Waals surface area contributed by atoms with E-state index in [0.29, 0.717) is 0 Å². The molecule has 2 rings (SSSR count). The number of amides is 1. The molecule has 3 N–H and O–H groups in total. The molecule has 1 heterocycles. The number of hydrogen-bond donors (Lipinski definition) is 2. The number of benzene rings is 1. The maximum atomic E-state index is 12.6. The van der Waals surface area contributed by atoms with E-state index in [1.54, 1.807) is 0 Å². The maximum Gasteiger partial charge on any atom is 0.418 e. The number of alkyl halides is 3. The van der Waals surface area contributed by atoms with E-state index in [2.05, 4.69) is 10.2 Å². The lowest BCUT2D eigenvalue weighted by Crippen LogP contribution is -2.11. The number of nitrogens with zero attached hydrogens (tertiary/aromatic N) is 1. The van der Waals surface area contributed by atoms with Gasteiger partial charge in [-0.3, -0.25) is 9.89 Å². The van der Waals surface area contributed by atoms with Crippen molar-refractivity contribution in [1.82, 2.24) is 10.2 Å². The number of H-pyrrole nitrogens is 1. The molecule has 84 valence electrons. The molecule has 0 aliphatic carbocycles. The van der Waals surface area contributed by atoms with Gasteiger partial charge in [-0.05, 0) is 6.07 Å². The first-order valence-corrected chi connectivity index (χ1v) is 4.25. The van der Waals surface area contributed by atoms with Crippen molar-refractivity contribution in [1.29, 1.82) is 0 Å². The van der Waals surface area contributed by atoms with Crippen LogP contribution >= 0.6 is 0 Å². The molecule has 7 heteroatoms. The fourth-order valence-electron chi connectivity index (χ4n) is 1.47. The number of nitrogens with one attached hydrogen (secondary N) is 1. The molecule has 2 aromatic rings. The molecule has 16 heavy (non-hydrogen) atoms. The smallest absolute Gasteiger partial charge is 0.364 e. The third-order valence-corrected chi connectivity index (χ3v) is 2.14. The molecule has 0 fully saturated rings. The Labute approximate surface area is 87.2 Å². The summed E-state index contributed by atoms with van der Waals surface area (Å²) in [5.74, 6) is -0.870. The number of aromatic amines is 1. The first kappa shape index (κ1) is 10.5. The third-order valence-electron chi connectivity index (χ3n) is 2.14. The van der Waals surface area contributed by atoms with Crippen LogP contribution in [-0.4, -0.2) is 16.1 Å². The molecular formula is C9H6F3N3O. The van der Waals surface area contributed by atoms with Gasteiger partial charge in [0.25, 0.3) is 5.91 Å². The molecule has 1 amide bonds. The molecule has 1 aromatic carbocycles. The Morgan fingerprint density at radius 1 is 1.38 bits per heavy atom. The predicted octanol–water partition coefficient (Wildman–Crippen LogP) is 1.68. The van der Waals surface area contributed by atoms with Crippen molar-refractivity contribution in [2.45, 2.75) is 6.18 Å². The van der Waals surface area contributed by atoms with E-state index in [1.165, 1.54) is 12.1 Å². The lowest BCUT2D eigenvalue weighted by atomic mass is 10.1. The Hall–Kier alpha value is -2.05. The summed E-state index contributed by atoms with van der Waals surface area (Å²) in [6.45, 7) is 0. The van der Waals surface area contributed by atoms with Gasteiger partial charge in [0.15, 0.2) is 5.69 Å². The number of carbonyl (C=O) groups is 1. The van der Waals surface area contributed by atoms with Crippen LogP contribution in [0.25, 0.3) is 10.9 Å². The van der Waals surface area contributed by atoms with E-state index < -0.39 is 17.6 Å². The summed E-state index contributed by atoms with van der Waals surface area (Å²) in [5, 5.41) is 5.71. The summed E-state index contributed by atoms with van der Waals surface area (Å²) in [7, 11) is 0. The summed E-state index contributed by atoms with van der Waals surface area (Å²) in [6, 6.07) is 3.46. The van der Waals surface area contributed by atoms with Gasteiger partial charge < -0.3 is 5.73 Å². The quantitative estimate of drug-likeness (QED) is 0.780. The van der Waals surface area contributed by atoms with Crippen LogP contribution in [0.3, 0.4) is 0 Å². The van der Waals surface area contributed by atoms with Crippen LogP contribution < -0.4 is 5.73 Å². The van der Waals surface area contributed by atoms with Gasteiger partial charge in [-0.25, -0.2) is 0 Å². The lowest BCUT2D eigenvalue weighted by molar-refractivity contribution is -0.136. The third kappa shape index (κ3) is 1.50. The number of carbonyl (C=O) groups excluding carboxylic acids is 1. The van der Waals surface area contributed by atoms with Crippen LogP contribution in [-0.2, 0) is 6.18 Å². The molecule has 0 bridgehead atoms. The molecule has 4 nitrogen and oxygen atoms in total. The van der Waals surface area contributed by atoms with Gasteiger partial charge in [0.1, 0.15) is 0 Å². The highest BCUT2D eigenvalue weighted by molar-refractivity contribution is 6.04. The van der Waals surface area contributed by atoms with Crippen molar-refractivity contribution in [3.8, 4) is 0 Å². The van der Waals surface area contributed by atoms with Gasteiger partial charge in [-0.1, -0.05) is 12.1 Å². The second-order valence-corrected chi connectivity index (χ2v) is 3.16. The van der Waals surface area contributed by atoms with E-state index in [9.17, 15) is 18.0 Å². The molecule has 0 aliphatic heterocycles. The number of halogens is 3. The number of hydrogen-bond acceptors (Lipinski definition) is 2. The molecule has 0 aliphatic rings. The number of aromatic nitrogens is 2. The summed E-state index contributed by atoms with van der Waals surface area (Å²) in [5.41, 5.74) is 3.68. The van der Waals surface area contributed by atoms with E-state index in [1.807, 2.05) is 0 Å². The largest absolute Gasteiger partial charge is 0.418 e. The van der Waals surface area contributed by atoms with E-state index >= 15 is 0 Å². The fourth-order valence-corrected chi connectivity index (χ4v) is 1.47. The highest BCUT2D eigenvalue weighted by atomic mass is 19.4. The molecule has 0 spiro atoms. The second-order valence-electron chi connectivity index (χ2n) is 3.16. The standard InChI is InChI=1S/C9H6F3N3O/c10-9(11,12)5-3-1-2-4-6(5)14-15-7(4)8(13)16/h1-3H,(H2,13,16)(H,14,15). The number of nitrogens with two attached hydrogens (primary N) is 1. The second kappa shape index (κ2) is 3.22. The normalized spacial score (nSPS) is 11.9. The SMILES string of the molecule is NC(=O)c1n[nH]c2c(C(F)(F)F)cccc12. The summed E-state index contributed by atoms with van der Waals surface area (Å²) in [4.78, 5) is 10.9. The topological polar surface area (TPSA) is 71.8 Å². The maximum absolute atomic E-state index is 12.6. The average molecular weight is 229 g/mol. The fraction of sp³-hybridized carbons (Fsp3) is 0.111. The van der Waals surface area contributed by atoms with Crippen molar-refractivity contribution in [3.05, 3.63) is 29.5 Å². The van der Waals surface area contributed by atoms with Gasteiger partial charge >= 0.3 is 6.18 Å². The van der Waals surface area contributed by atoms with Crippen LogP contribution in [0.2, 0.25) is 0 Å². The molecule has 0 unspecified atom stereocenters. The predicted molar refractivity (Wildman–Crippen MR) is 49.6 cm³/mol. The average Bonchev–Trinajstić information content (AvgIpc) is 2.58. The Bertz CT molecular complexity index is 559. The van der Waals surface area contributed by atoms with E-state index in [-0.39, 0.29) is 16.6 Å². The van der Waals surface area contributed by atoms with Gasteiger partial charge in [0.2, 0.25) is 0 Å². The number of rotatable bonds is 1. The zero-order valence-corrected chi connectivity index (χ0v) is 7.80. The van der Waals surface area contributed by atoms with Crippen LogP contribution in [0.1, 0.15) is 16.1 Å². The zero-order valence-electron chi connectivity index (χ0n) is 7.80. The molecule has 0 radical (unpaired) electrons. The Morgan fingerprint density at radius 3 is 2.62 bits per heavy atom. The van der Waals surface area contributed by atoms with Gasteiger partial charge in [0, 0.05) is 5.39 Å². The van der Waals surface area contributed by atoms with Crippen LogP contribution in [0.15, 0.2) is 18.2 Å². The molecule has 0 saturated carbocycles. The van der Waals surface area contributed by atoms with Gasteiger partial charge in [0.05, 0.1) is 11.1 Å². The first-order valence-electron chi connectivity index (χ1n) is 4.25. The lowest BCUT2D eigenvalue weighted by Gasteiger charge is -2.06. The van der Waals surface area contributed by atoms with Gasteiger partial charge in [-0.2, -0.15) is 18.3 Å². The van der Waals surface area contributed by atoms with E-state index in [0.717, 1.165) is 6.07 Å². The molecular weight excluding hydrogens is 223 g/mol. The minimum absolute atomic E-state index is 0.0716. The Kier molecular flexibility index (Phi) is 2.11. The highest BCUT2D eigenvalue weighted by Gasteiger charge is 2.33. The number of para-hydroxylation sites is 1. The van der Waals surface area contributed by atoms with Gasteiger partial charge in [-0.15, -0.1) is 0 Å². The number of primary amides is 1. The van der Waals surface area contributed by atoms with Crippen molar-refractivity contribution < 1.29 is 18.0 Å². The van der Waals surface area contributed by atoms with Crippen LogP contribution in [0, 0.1) is 0 Å². The Balaban J connectivity index is 2.77. The minimum Gasteiger partial charge on any atom is -0.364 e. The highest BCUT2D eigenvalue weighted by Crippen LogP contribution is 2.34. The molecule has 1 aromatic heterocycles. The van der Waals surface area contributed by atoms with Crippen molar-refractivity contribution in [3.63, 3.8) is 0 Å². The molecule has 0 saturated heterocycles.